The van der Waals surface area contributed by atoms with Crippen LogP contribution in [0.2, 0.25) is 0 Å². The normalized spacial score (nSPS) is 12.6. The molecule has 21 heavy (non-hydrogen) atoms. The van der Waals surface area contributed by atoms with Gasteiger partial charge in [0.05, 0.1) is 0 Å². The van der Waals surface area contributed by atoms with Crippen molar-refractivity contribution in [3.63, 3.8) is 0 Å². The van der Waals surface area contributed by atoms with E-state index < -0.39 is 0 Å². The Bertz CT molecular complexity index is 541. The van der Waals surface area contributed by atoms with E-state index in [1.54, 1.807) is 0 Å². The molecular formula is C19H26N2. The highest BCUT2D eigenvalue weighted by atomic mass is 14.9. The highest BCUT2D eigenvalue weighted by Gasteiger charge is 2.05. The van der Waals surface area contributed by atoms with Crippen molar-refractivity contribution in [1.29, 1.82) is 0 Å². The number of aryl methyl sites for hydroxylation is 1. The van der Waals surface area contributed by atoms with Gasteiger partial charge < -0.3 is 5.32 Å². The molecule has 0 spiro atoms. The number of aromatic nitrogens is 1. The summed E-state index contributed by atoms with van der Waals surface area (Å²) in [5.74, 6) is 0.709. The molecule has 0 radical (unpaired) electrons. The minimum atomic E-state index is 0.347. The molecule has 2 aromatic rings. The molecule has 0 fully saturated rings. The first-order valence-corrected chi connectivity index (χ1v) is 7.78. The van der Waals surface area contributed by atoms with Gasteiger partial charge in [-0.25, -0.2) is 0 Å². The highest BCUT2D eigenvalue weighted by molar-refractivity contribution is 5.25. The van der Waals surface area contributed by atoms with Crippen LogP contribution < -0.4 is 5.32 Å². The first-order valence-electron chi connectivity index (χ1n) is 7.78. The number of hydrogen-bond acceptors (Lipinski definition) is 2. The van der Waals surface area contributed by atoms with Gasteiger partial charge >= 0.3 is 0 Å². The Morgan fingerprint density at radius 1 is 0.952 bits per heavy atom. The van der Waals surface area contributed by atoms with Gasteiger partial charge in [-0.3, -0.25) is 4.98 Å². The molecule has 2 nitrogen and oxygen atoms in total. The van der Waals surface area contributed by atoms with Crippen molar-refractivity contribution >= 4 is 0 Å². The smallest absolute Gasteiger partial charge is 0.0372 e. The lowest BCUT2D eigenvalue weighted by atomic mass is 10.00. The lowest BCUT2D eigenvalue weighted by molar-refractivity contribution is 0.573. The quantitative estimate of drug-likeness (QED) is 0.847. The van der Waals surface area contributed by atoms with Crippen LogP contribution in [-0.2, 0) is 13.0 Å². The Hall–Kier alpha value is -1.67. The molecular weight excluding hydrogens is 256 g/mol. The molecule has 2 heteroatoms. The van der Waals surface area contributed by atoms with E-state index in [-0.39, 0.29) is 0 Å². The third-order valence-corrected chi connectivity index (χ3v) is 3.71. The van der Waals surface area contributed by atoms with Gasteiger partial charge in [-0.1, -0.05) is 44.2 Å². The lowest BCUT2D eigenvalue weighted by Crippen LogP contribution is -2.18. The maximum atomic E-state index is 4.33. The molecule has 1 aromatic heterocycles. The van der Waals surface area contributed by atoms with Gasteiger partial charge in [0.2, 0.25) is 0 Å². The molecule has 0 bridgehead atoms. The Labute approximate surface area is 128 Å². The summed E-state index contributed by atoms with van der Waals surface area (Å²) in [6.45, 7) is 9.58. The minimum absolute atomic E-state index is 0.347. The Kier molecular flexibility index (Phi) is 5.51. The molecule has 0 aliphatic rings. The number of pyridine rings is 1. The van der Waals surface area contributed by atoms with Gasteiger partial charge in [0.15, 0.2) is 0 Å². The average Bonchev–Trinajstić information content (AvgIpc) is 2.46. The van der Waals surface area contributed by atoms with Crippen molar-refractivity contribution in [3.8, 4) is 0 Å². The molecule has 1 aromatic carbocycles. The van der Waals surface area contributed by atoms with Crippen molar-refractivity contribution in [3.05, 3.63) is 65.0 Å². The Balaban J connectivity index is 1.90. The zero-order valence-corrected chi connectivity index (χ0v) is 13.6. The Morgan fingerprint density at radius 3 is 2.19 bits per heavy atom. The van der Waals surface area contributed by atoms with Gasteiger partial charge in [-0.2, -0.15) is 0 Å². The van der Waals surface area contributed by atoms with Crippen LogP contribution in [0.15, 0.2) is 42.6 Å². The SMILES string of the molecule is Cc1ccc(CNC(C)c2ccc(CC(C)C)cc2)cn1. The second kappa shape index (κ2) is 7.37. The first-order chi connectivity index (χ1) is 10.0. The van der Waals surface area contributed by atoms with Crippen molar-refractivity contribution < 1.29 is 0 Å². The molecule has 1 unspecified atom stereocenters. The zero-order chi connectivity index (χ0) is 15.2. The van der Waals surface area contributed by atoms with Gasteiger partial charge in [0, 0.05) is 24.5 Å². The third-order valence-electron chi connectivity index (χ3n) is 3.71. The molecule has 0 saturated carbocycles. The number of nitrogens with one attached hydrogen (secondary N) is 1. The van der Waals surface area contributed by atoms with Crippen LogP contribution in [0.5, 0.6) is 0 Å². The summed E-state index contributed by atoms with van der Waals surface area (Å²) in [5.41, 5.74) is 5.04. The van der Waals surface area contributed by atoms with Crippen molar-refractivity contribution in [1.82, 2.24) is 10.3 Å². The van der Waals surface area contributed by atoms with Crippen molar-refractivity contribution in [2.45, 2.75) is 46.7 Å². The summed E-state index contributed by atoms with van der Waals surface area (Å²) in [4.78, 5) is 4.33. The fourth-order valence-corrected chi connectivity index (χ4v) is 2.41. The van der Waals surface area contributed by atoms with E-state index in [0.717, 1.165) is 18.7 Å². The van der Waals surface area contributed by atoms with Crippen LogP contribution in [-0.4, -0.2) is 4.98 Å². The van der Waals surface area contributed by atoms with E-state index in [4.69, 9.17) is 0 Å². The molecule has 0 amide bonds. The molecule has 0 aliphatic heterocycles. The third kappa shape index (κ3) is 4.98. The number of hydrogen-bond donors (Lipinski definition) is 1. The average molecular weight is 282 g/mol. The molecule has 0 saturated heterocycles. The van der Waals surface area contributed by atoms with E-state index in [1.165, 1.54) is 16.7 Å². The summed E-state index contributed by atoms with van der Waals surface area (Å²) < 4.78 is 0. The molecule has 2 rings (SSSR count). The van der Waals surface area contributed by atoms with Crippen molar-refractivity contribution in [2.24, 2.45) is 5.92 Å². The van der Waals surface area contributed by atoms with Gasteiger partial charge in [0.1, 0.15) is 0 Å². The number of rotatable bonds is 6. The fraction of sp³-hybridized carbons (Fsp3) is 0.421. The van der Waals surface area contributed by atoms with Gasteiger partial charge in [0.25, 0.3) is 0 Å². The molecule has 1 heterocycles. The van der Waals surface area contributed by atoms with Gasteiger partial charge in [-0.05, 0) is 48.9 Å². The predicted octanol–water partition coefficient (Wildman–Crippen LogP) is 4.44. The van der Waals surface area contributed by atoms with Crippen LogP contribution in [0.25, 0.3) is 0 Å². The summed E-state index contributed by atoms with van der Waals surface area (Å²) in [6, 6.07) is 13.5. The fourth-order valence-electron chi connectivity index (χ4n) is 2.41. The van der Waals surface area contributed by atoms with Crippen LogP contribution in [0.1, 0.15) is 49.2 Å². The topological polar surface area (TPSA) is 24.9 Å². The lowest BCUT2D eigenvalue weighted by Gasteiger charge is -2.15. The Morgan fingerprint density at radius 2 is 1.62 bits per heavy atom. The number of nitrogens with zero attached hydrogens (tertiary/aromatic N) is 1. The van der Waals surface area contributed by atoms with Crippen LogP contribution in [0.4, 0.5) is 0 Å². The zero-order valence-electron chi connectivity index (χ0n) is 13.6. The van der Waals surface area contributed by atoms with Crippen LogP contribution in [0.3, 0.4) is 0 Å². The number of benzene rings is 1. The molecule has 112 valence electrons. The monoisotopic (exact) mass is 282 g/mol. The first kappa shape index (κ1) is 15.7. The van der Waals surface area contributed by atoms with Crippen LogP contribution >= 0.6 is 0 Å². The summed E-state index contributed by atoms with van der Waals surface area (Å²) in [6.07, 6.45) is 3.10. The highest BCUT2D eigenvalue weighted by Crippen LogP contribution is 2.16. The summed E-state index contributed by atoms with van der Waals surface area (Å²) in [5, 5.41) is 3.55. The second-order valence-corrected chi connectivity index (χ2v) is 6.25. The van der Waals surface area contributed by atoms with E-state index in [0.29, 0.717) is 12.0 Å². The summed E-state index contributed by atoms with van der Waals surface area (Å²) in [7, 11) is 0. The van der Waals surface area contributed by atoms with Gasteiger partial charge in [-0.15, -0.1) is 0 Å². The van der Waals surface area contributed by atoms with Crippen LogP contribution in [0, 0.1) is 12.8 Å². The maximum absolute atomic E-state index is 4.33. The minimum Gasteiger partial charge on any atom is -0.306 e. The van der Waals surface area contributed by atoms with E-state index in [2.05, 4.69) is 67.5 Å². The van der Waals surface area contributed by atoms with Crippen molar-refractivity contribution in [2.75, 3.05) is 0 Å². The molecule has 1 N–H and O–H groups in total. The molecule has 1 atom stereocenters. The largest absolute Gasteiger partial charge is 0.306 e. The van der Waals surface area contributed by atoms with E-state index in [1.807, 2.05) is 13.1 Å². The maximum Gasteiger partial charge on any atom is 0.0372 e. The summed E-state index contributed by atoms with van der Waals surface area (Å²) >= 11 is 0. The second-order valence-electron chi connectivity index (χ2n) is 6.25. The standard InChI is InChI=1S/C19H26N2/c1-14(2)11-17-7-9-19(10-8-17)16(4)21-13-18-6-5-15(3)20-12-18/h5-10,12,14,16,21H,11,13H2,1-4H3. The van der Waals surface area contributed by atoms with E-state index >= 15 is 0 Å². The predicted molar refractivity (Wildman–Crippen MR) is 89.2 cm³/mol. The van der Waals surface area contributed by atoms with E-state index in [9.17, 15) is 0 Å². The molecule has 0 aliphatic carbocycles.